The van der Waals surface area contributed by atoms with E-state index in [1.807, 2.05) is 19.1 Å². The fraction of sp³-hybridized carbons (Fsp3) is 0.263. The van der Waals surface area contributed by atoms with Gasteiger partial charge in [-0.3, -0.25) is 9.10 Å². The third-order valence-corrected chi connectivity index (χ3v) is 4.95. The minimum atomic E-state index is -3.65. The number of anilines is 1. The highest BCUT2D eigenvalue weighted by Gasteiger charge is 2.20. The number of hydrogen-bond donors (Lipinski definition) is 1. The maximum Gasteiger partial charge on any atom is 0.260 e. The Morgan fingerprint density at radius 1 is 1.18 bits per heavy atom. The molecule has 0 aliphatic carbocycles. The number of ether oxygens (including phenoxy) is 1. The minimum absolute atomic E-state index is 0.341. The molecule has 0 aromatic heterocycles. The molecule has 0 bridgehead atoms. The fourth-order valence-electron chi connectivity index (χ4n) is 2.22. The number of sulfonamides is 1. The lowest BCUT2D eigenvalue weighted by atomic mass is 10.2. The number of hydrogen-bond acceptors (Lipinski definition) is 5. The van der Waals surface area contributed by atoms with Gasteiger partial charge in [-0.25, -0.2) is 13.8 Å². The van der Waals surface area contributed by atoms with Gasteiger partial charge < -0.3 is 4.74 Å². The number of nitrogens with zero attached hydrogens (tertiary/aromatic N) is 2. The predicted octanol–water partition coefficient (Wildman–Crippen LogP) is 3.05. The van der Waals surface area contributed by atoms with Crippen molar-refractivity contribution in [1.29, 1.82) is 0 Å². The number of rotatable bonds is 9. The minimum Gasteiger partial charge on any atom is -0.494 e. The van der Waals surface area contributed by atoms with Crippen molar-refractivity contribution < 1.29 is 17.9 Å². The summed E-state index contributed by atoms with van der Waals surface area (Å²) in [6.07, 6.45) is 3.42. The van der Waals surface area contributed by atoms with Crippen LogP contribution >= 0.6 is 11.6 Å². The molecule has 9 heteroatoms. The number of amides is 1. The monoisotopic (exact) mass is 423 g/mol. The Kier molecular flexibility index (Phi) is 7.83. The smallest absolute Gasteiger partial charge is 0.260 e. The highest BCUT2D eigenvalue weighted by Crippen LogP contribution is 2.20. The molecule has 1 amide bonds. The Bertz CT molecular complexity index is 913. The zero-order valence-electron chi connectivity index (χ0n) is 15.6. The summed E-state index contributed by atoms with van der Waals surface area (Å²) in [5.74, 6) is 0.189. The van der Waals surface area contributed by atoms with Gasteiger partial charge in [0.2, 0.25) is 10.0 Å². The van der Waals surface area contributed by atoms with Crippen molar-refractivity contribution >= 4 is 39.4 Å². The number of carbonyl (C=O) groups is 1. The molecule has 2 aromatic carbocycles. The first-order chi connectivity index (χ1) is 13.3. The molecule has 0 atom stereocenters. The highest BCUT2D eigenvalue weighted by molar-refractivity contribution is 7.92. The molecule has 7 nitrogen and oxygen atoms in total. The number of benzene rings is 2. The first-order valence-electron chi connectivity index (χ1n) is 8.57. The van der Waals surface area contributed by atoms with E-state index in [0.29, 0.717) is 17.3 Å². The van der Waals surface area contributed by atoms with Crippen LogP contribution in [0.25, 0.3) is 0 Å². The van der Waals surface area contributed by atoms with E-state index >= 15 is 0 Å². The number of halogens is 1. The molecular weight excluding hydrogens is 402 g/mol. The van der Waals surface area contributed by atoms with Crippen molar-refractivity contribution in [3.63, 3.8) is 0 Å². The quantitative estimate of drug-likeness (QED) is 0.496. The summed E-state index contributed by atoms with van der Waals surface area (Å²) in [5.41, 5.74) is 3.44. The predicted molar refractivity (Wildman–Crippen MR) is 112 cm³/mol. The lowest BCUT2D eigenvalue weighted by molar-refractivity contribution is -0.119. The molecule has 0 aliphatic rings. The standard InChI is InChI=1S/C19H22ClN3O4S/c1-3-12-27-18-10-4-15(5-11-18)13-21-22-19(24)14-23(28(2,25)26)17-8-6-16(20)7-9-17/h4-11,13H,3,12,14H2,1-2H3,(H,22,24)/b21-13-. The zero-order chi connectivity index (χ0) is 20.6. The van der Waals surface area contributed by atoms with Crippen molar-refractivity contribution in [3.8, 4) is 5.75 Å². The van der Waals surface area contributed by atoms with Gasteiger partial charge in [-0.1, -0.05) is 18.5 Å². The molecule has 28 heavy (non-hydrogen) atoms. The third kappa shape index (κ3) is 6.86. The van der Waals surface area contributed by atoms with Crippen LogP contribution in [0.1, 0.15) is 18.9 Å². The first-order valence-corrected chi connectivity index (χ1v) is 10.8. The van der Waals surface area contributed by atoms with E-state index in [1.54, 1.807) is 24.3 Å². The molecule has 2 rings (SSSR count). The SMILES string of the molecule is CCCOc1ccc(/C=N\NC(=O)CN(c2ccc(Cl)cc2)S(C)(=O)=O)cc1. The normalized spacial score (nSPS) is 11.4. The summed E-state index contributed by atoms with van der Waals surface area (Å²) < 4.78 is 30.5. The maximum absolute atomic E-state index is 12.1. The third-order valence-electron chi connectivity index (χ3n) is 3.56. The van der Waals surface area contributed by atoms with Gasteiger partial charge in [0.25, 0.3) is 5.91 Å². The van der Waals surface area contributed by atoms with Gasteiger partial charge in [0.05, 0.1) is 24.8 Å². The second-order valence-electron chi connectivity index (χ2n) is 5.96. The van der Waals surface area contributed by atoms with E-state index < -0.39 is 22.5 Å². The molecule has 0 unspecified atom stereocenters. The van der Waals surface area contributed by atoms with Gasteiger partial charge in [0.15, 0.2) is 0 Å². The maximum atomic E-state index is 12.1. The number of carbonyl (C=O) groups excluding carboxylic acids is 1. The van der Waals surface area contributed by atoms with Gasteiger partial charge in [-0.2, -0.15) is 5.10 Å². The van der Waals surface area contributed by atoms with Crippen LogP contribution < -0.4 is 14.5 Å². The van der Waals surface area contributed by atoms with Crippen molar-refractivity contribution in [2.24, 2.45) is 5.10 Å². The average molecular weight is 424 g/mol. The summed E-state index contributed by atoms with van der Waals surface area (Å²) in [4.78, 5) is 12.1. The lowest BCUT2D eigenvalue weighted by Gasteiger charge is -2.21. The number of hydrazone groups is 1. The Morgan fingerprint density at radius 2 is 1.82 bits per heavy atom. The lowest BCUT2D eigenvalue weighted by Crippen LogP contribution is -2.38. The van der Waals surface area contributed by atoms with Crippen LogP contribution in [0.2, 0.25) is 5.02 Å². The van der Waals surface area contributed by atoms with E-state index in [-0.39, 0.29) is 0 Å². The molecular formula is C19H22ClN3O4S. The zero-order valence-corrected chi connectivity index (χ0v) is 17.2. The van der Waals surface area contributed by atoms with Gasteiger partial charge in [-0.15, -0.1) is 0 Å². The van der Waals surface area contributed by atoms with Crippen LogP contribution in [0.4, 0.5) is 5.69 Å². The molecule has 2 aromatic rings. The second kappa shape index (κ2) is 10.1. The van der Waals surface area contributed by atoms with Gasteiger partial charge >= 0.3 is 0 Å². The summed E-state index contributed by atoms with van der Waals surface area (Å²) in [7, 11) is -3.65. The summed E-state index contributed by atoms with van der Waals surface area (Å²) in [5, 5.41) is 4.34. The van der Waals surface area contributed by atoms with Crippen molar-refractivity contribution in [2.45, 2.75) is 13.3 Å². The molecule has 0 radical (unpaired) electrons. The molecule has 0 spiro atoms. The van der Waals surface area contributed by atoms with Crippen LogP contribution in [-0.4, -0.2) is 39.9 Å². The van der Waals surface area contributed by atoms with Crippen molar-refractivity contribution in [3.05, 3.63) is 59.1 Å². The first kappa shape index (κ1) is 21.7. The molecule has 0 fully saturated rings. The topological polar surface area (TPSA) is 88.1 Å². The second-order valence-corrected chi connectivity index (χ2v) is 8.30. The van der Waals surface area contributed by atoms with Crippen LogP contribution in [0.5, 0.6) is 5.75 Å². The molecule has 1 N–H and O–H groups in total. The summed E-state index contributed by atoms with van der Waals surface area (Å²) >= 11 is 5.82. The van der Waals surface area contributed by atoms with E-state index in [9.17, 15) is 13.2 Å². The van der Waals surface area contributed by atoms with E-state index in [1.165, 1.54) is 18.3 Å². The van der Waals surface area contributed by atoms with Crippen molar-refractivity contribution in [2.75, 3.05) is 23.7 Å². The largest absolute Gasteiger partial charge is 0.494 e. The van der Waals surface area contributed by atoms with Crippen LogP contribution in [-0.2, 0) is 14.8 Å². The molecule has 0 aliphatic heterocycles. The Hall–Kier alpha value is -2.58. The van der Waals surface area contributed by atoms with Crippen LogP contribution in [0.3, 0.4) is 0 Å². The summed E-state index contributed by atoms with van der Waals surface area (Å²) in [6.45, 7) is 2.27. The number of nitrogens with one attached hydrogen (secondary N) is 1. The molecule has 0 saturated carbocycles. The summed E-state index contributed by atoms with van der Waals surface area (Å²) in [6, 6.07) is 13.4. The van der Waals surface area contributed by atoms with Crippen LogP contribution in [0, 0.1) is 0 Å². The van der Waals surface area contributed by atoms with Crippen molar-refractivity contribution in [1.82, 2.24) is 5.43 Å². The van der Waals surface area contributed by atoms with E-state index in [4.69, 9.17) is 16.3 Å². The fourth-order valence-corrected chi connectivity index (χ4v) is 3.20. The average Bonchev–Trinajstić information content (AvgIpc) is 2.65. The van der Waals surface area contributed by atoms with Crippen LogP contribution in [0.15, 0.2) is 53.6 Å². The van der Waals surface area contributed by atoms with E-state index in [0.717, 1.165) is 28.3 Å². The van der Waals surface area contributed by atoms with Gasteiger partial charge in [0, 0.05) is 5.02 Å². The molecule has 0 saturated heterocycles. The van der Waals surface area contributed by atoms with E-state index in [2.05, 4.69) is 10.5 Å². The molecule has 0 heterocycles. The highest BCUT2D eigenvalue weighted by atomic mass is 35.5. The Labute approximate surface area is 170 Å². The Morgan fingerprint density at radius 3 is 2.39 bits per heavy atom. The Balaban J connectivity index is 1.97. The van der Waals surface area contributed by atoms with Gasteiger partial charge in [0.1, 0.15) is 12.3 Å². The van der Waals surface area contributed by atoms with Gasteiger partial charge in [-0.05, 0) is 60.5 Å². The molecule has 150 valence electrons.